The molecular formula is C25H23N3O5. The molecule has 0 aliphatic heterocycles. The van der Waals surface area contributed by atoms with Gasteiger partial charge in [-0.25, -0.2) is 0 Å². The first-order chi connectivity index (χ1) is 16.1. The van der Waals surface area contributed by atoms with E-state index in [-0.39, 0.29) is 12.5 Å². The van der Waals surface area contributed by atoms with E-state index in [1.54, 1.807) is 49.6 Å². The van der Waals surface area contributed by atoms with Gasteiger partial charge in [0, 0.05) is 22.9 Å². The highest BCUT2D eigenvalue weighted by Crippen LogP contribution is 2.32. The van der Waals surface area contributed by atoms with E-state index in [0.717, 1.165) is 11.1 Å². The van der Waals surface area contributed by atoms with Crippen LogP contribution in [0.5, 0.6) is 17.2 Å². The lowest BCUT2D eigenvalue weighted by Crippen LogP contribution is -2.20. The number of nitrogens with zero attached hydrogens (tertiary/aromatic N) is 2. The molecule has 0 aliphatic carbocycles. The average molecular weight is 445 g/mol. The topological polar surface area (TPSA) is 95.7 Å². The summed E-state index contributed by atoms with van der Waals surface area (Å²) in [6.07, 6.45) is 0. The Morgan fingerprint density at radius 2 is 1.73 bits per heavy atom. The molecule has 0 aliphatic rings. The Morgan fingerprint density at radius 3 is 2.48 bits per heavy atom. The van der Waals surface area contributed by atoms with Gasteiger partial charge in [-0.1, -0.05) is 28.9 Å². The SMILES string of the molecule is COc1cccc(NC(=O)COc2ccc(-c3noc(-c4ccc(C)cc4)n3)cc2OC)c1. The fourth-order valence-corrected chi connectivity index (χ4v) is 3.12. The zero-order valence-electron chi connectivity index (χ0n) is 18.5. The maximum Gasteiger partial charge on any atom is 0.262 e. The minimum Gasteiger partial charge on any atom is -0.497 e. The molecule has 168 valence electrons. The second-order valence-electron chi connectivity index (χ2n) is 7.22. The van der Waals surface area contributed by atoms with E-state index >= 15 is 0 Å². The van der Waals surface area contributed by atoms with Gasteiger partial charge in [-0.2, -0.15) is 4.98 Å². The molecule has 8 heteroatoms. The van der Waals surface area contributed by atoms with Gasteiger partial charge in [0.15, 0.2) is 18.1 Å². The quantitative estimate of drug-likeness (QED) is 0.418. The molecule has 3 aromatic carbocycles. The zero-order valence-corrected chi connectivity index (χ0v) is 18.5. The molecule has 4 aromatic rings. The van der Waals surface area contributed by atoms with Crippen LogP contribution < -0.4 is 19.5 Å². The monoisotopic (exact) mass is 445 g/mol. The highest BCUT2D eigenvalue weighted by molar-refractivity contribution is 5.92. The number of hydrogen-bond donors (Lipinski definition) is 1. The lowest BCUT2D eigenvalue weighted by molar-refractivity contribution is -0.118. The van der Waals surface area contributed by atoms with E-state index in [9.17, 15) is 4.79 Å². The van der Waals surface area contributed by atoms with Crippen molar-refractivity contribution in [2.75, 3.05) is 26.1 Å². The smallest absolute Gasteiger partial charge is 0.262 e. The van der Waals surface area contributed by atoms with E-state index < -0.39 is 0 Å². The number of methoxy groups -OCH3 is 2. The molecule has 8 nitrogen and oxygen atoms in total. The molecular weight excluding hydrogens is 422 g/mol. The molecule has 0 atom stereocenters. The summed E-state index contributed by atoms with van der Waals surface area (Å²) in [5.41, 5.74) is 3.30. The van der Waals surface area contributed by atoms with Gasteiger partial charge in [0.05, 0.1) is 14.2 Å². The van der Waals surface area contributed by atoms with Gasteiger partial charge >= 0.3 is 0 Å². The summed E-state index contributed by atoms with van der Waals surface area (Å²) >= 11 is 0. The number of amides is 1. The second kappa shape index (κ2) is 9.86. The van der Waals surface area contributed by atoms with Crippen molar-refractivity contribution in [1.29, 1.82) is 0 Å². The van der Waals surface area contributed by atoms with Crippen molar-refractivity contribution < 1.29 is 23.5 Å². The number of aryl methyl sites for hydroxylation is 1. The van der Waals surface area contributed by atoms with Gasteiger partial charge in [-0.05, 0) is 49.4 Å². The summed E-state index contributed by atoms with van der Waals surface area (Å²) in [6, 6.07) is 20.1. The Balaban J connectivity index is 1.43. The molecule has 1 aromatic heterocycles. The van der Waals surface area contributed by atoms with Crippen molar-refractivity contribution in [3.8, 4) is 40.1 Å². The Hall–Kier alpha value is -4.33. The molecule has 4 rings (SSSR count). The molecule has 0 saturated heterocycles. The number of carbonyl (C=O) groups is 1. The molecule has 1 N–H and O–H groups in total. The minimum absolute atomic E-state index is 0.188. The fourth-order valence-electron chi connectivity index (χ4n) is 3.12. The number of ether oxygens (including phenoxy) is 3. The number of rotatable bonds is 8. The van der Waals surface area contributed by atoms with Crippen LogP contribution in [0.15, 0.2) is 71.3 Å². The van der Waals surface area contributed by atoms with Crippen LogP contribution >= 0.6 is 0 Å². The first kappa shape index (κ1) is 21.9. The first-order valence-corrected chi connectivity index (χ1v) is 10.2. The van der Waals surface area contributed by atoms with E-state index in [4.69, 9.17) is 18.7 Å². The van der Waals surface area contributed by atoms with E-state index in [1.807, 2.05) is 31.2 Å². The lowest BCUT2D eigenvalue weighted by atomic mass is 10.1. The molecule has 33 heavy (non-hydrogen) atoms. The van der Waals surface area contributed by atoms with Crippen molar-refractivity contribution >= 4 is 11.6 Å². The van der Waals surface area contributed by atoms with Crippen LogP contribution in [-0.2, 0) is 4.79 Å². The Morgan fingerprint density at radius 1 is 0.939 bits per heavy atom. The van der Waals surface area contributed by atoms with Crippen LogP contribution in [0.2, 0.25) is 0 Å². The molecule has 0 fully saturated rings. The molecule has 0 spiro atoms. The number of aromatic nitrogens is 2. The van der Waals surface area contributed by atoms with Crippen LogP contribution in [-0.4, -0.2) is 36.9 Å². The zero-order chi connectivity index (χ0) is 23.2. The summed E-state index contributed by atoms with van der Waals surface area (Å²) in [7, 11) is 3.09. The summed E-state index contributed by atoms with van der Waals surface area (Å²) in [5.74, 6) is 2.06. The number of hydrogen-bond acceptors (Lipinski definition) is 7. The Labute approximate surface area is 191 Å². The molecule has 0 unspecified atom stereocenters. The van der Waals surface area contributed by atoms with E-state index in [0.29, 0.717) is 40.2 Å². The lowest BCUT2D eigenvalue weighted by Gasteiger charge is -2.12. The largest absolute Gasteiger partial charge is 0.497 e. The summed E-state index contributed by atoms with van der Waals surface area (Å²) in [5, 5.41) is 6.83. The number of nitrogens with one attached hydrogen (secondary N) is 1. The minimum atomic E-state index is -0.310. The van der Waals surface area contributed by atoms with Crippen molar-refractivity contribution in [1.82, 2.24) is 10.1 Å². The second-order valence-corrected chi connectivity index (χ2v) is 7.22. The summed E-state index contributed by atoms with van der Waals surface area (Å²) < 4.78 is 21.7. The number of anilines is 1. The Kier molecular flexibility index (Phi) is 6.54. The molecule has 1 heterocycles. The molecule has 0 saturated carbocycles. The van der Waals surface area contributed by atoms with Gasteiger partial charge in [0.2, 0.25) is 5.82 Å². The van der Waals surface area contributed by atoms with Crippen molar-refractivity contribution in [2.24, 2.45) is 0 Å². The maximum absolute atomic E-state index is 12.3. The van der Waals surface area contributed by atoms with E-state index in [2.05, 4.69) is 15.5 Å². The number of benzene rings is 3. The van der Waals surface area contributed by atoms with Crippen molar-refractivity contribution in [3.05, 3.63) is 72.3 Å². The molecule has 0 radical (unpaired) electrons. The van der Waals surface area contributed by atoms with E-state index in [1.165, 1.54) is 7.11 Å². The molecule has 0 bridgehead atoms. The van der Waals surface area contributed by atoms with Crippen LogP contribution in [0.1, 0.15) is 5.56 Å². The van der Waals surface area contributed by atoms with Gasteiger partial charge in [0.1, 0.15) is 5.75 Å². The third-order valence-electron chi connectivity index (χ3n) is 4.86. The Bertz CT molecular complexity index is 1250. The number of carbonyl (C=O) groups excluding carboxylic acids is 1. The van der Waals surface area contributed by atoms with Crippen LogP contribution in [0, 0.1) is 6.92 Å². The van der Waals surface area contributed by atoms with Gasteiger partial charge in [-0.3, -0.25) is 4.79 Å². The highest BCUT2D eigenvalue weighted by Gasteiger charge is 2.14. The normalized spacial score (nSPS) is 10.5. The third-order valence-corrected chi connectivity index (χ3v) is 4.86. The maximum atomic E-state index is 12.3. The first-order valence-electron chi connectivity index (χ1n) is 10.2. The van der Waals surface area contributed by atoms with Crippen LogP contribution in [0.25, 0.3) is 22.8 Å². The van der Waals surface area contributed by atoms with Gasteiger partial charge in [0.25, 0.3) is 11.8 Å². The van der Waals surface area contributed by atoms with Crippen molar-refractivity contribution in [3.63, 3.8) is 0 Å². The molecule has 1 amide bonds. The predicted octanol–water partition coefficient (Wildman–Crippen LogP) is 4.75. The van der Waals surface area contributed by atoms with Gasteiger partial charge < -0.3 is 24.1 Å². The summed E-state index contributed by atoms with van der Waals surface area (Å²) in [6.45, 7) is 1.83. The highest BCUT2D eigenvalue weighted by atomic mass is 16.5. The average Bonchev–Trinajstić information content (AvgIpc) is 3.33. The van der Waals surface area contributed by atoms with Crippen LogP contribution in [0.3, 0.4) is 0 Å². The fraction of sp³-hybridized carbons (Fsp3) is 0.160. The van der Waals surface area contributed by atoms with Crippen LogP contribution in [0.4, 0.5) is 5.69 Å². The van der Waals surface area contributed by atoms with Gasteiger partial charge in [-0.15, -0.1) is 0 Å². The summed E-state index contributed by atoms with van der Waals surface area (Å²) in [4.78, 5) is 16.8. The third kappa shape index (κ3) is 5.30. The van der Waals surface area contributed by atoms with Crippen molar-refractivity contribution in [2.45, 2.75) is 6.92 Å². The predicted molar refractivity (Wildman–Crippen MR) is 124 cm³/mol. The standard InChI is InChI=1S/C25H23N3O5/c1-16-7-9-17(10-8-16)25-27-24(28-33-25)18-11-12-21(22(13-18)31-3)32-15-23(29)26-19-5-4-6-20(14-19)30-2/h4-14H,15H2,1-3H3,(H,26,29).